The molecule has 3 aromatic heterocycles. The number of benzene rings is 1. The quantitative estimate of drug-likeness (QED) is 0.423. The number of likely N-dealkylation sites (tertiary alicyclic amines) is 1. The van der Waals surface area contributed by atoms with Crippen molar-refractivity contribution in [2.45, 2.75) is 19.0 Å². The minimum absolute atomic E-state index is 0.226. The number of anilines is 1. The van der Waals surface area contributed by atoms with Crippen LogP contribution in [-0.2, 0) is 0 Å². The van der Waals surface area contributed by atoms with E-state index in [1.54, 1.807) is 17.2 Å². The Bertz CT molecular complexity index is 1420. The molecule has 1 fully saturated rings. The number of halogens is 2. The van der Waals surface area contributed by atoms with Gasteiger partial charge >= 0.3 is 0 Å². The van der Waals surface area contributed by atoms with E-state index in [9.17, 15) is 18.4 Å². The second kappa shape index (κ2) is 9.34. The van der Waals surface area contributed by atoms with Crippen molar-refractivity contribution >= 4 is 39.3 Å². The van der Waals surface area contributed by atoms with Crippen LogP contribution in [0.1, 0.15) is 39.4 Å². The predicted molar refractivity (Wildman–Crippen MR) is 127 cm³/mol. The van der Waals surface area contributed by atoms with Crippen molar-refractivity contribution < 1.29 is 18.4 Å². The van der Waals surface area contributed by atoms with Gasteiger partial charge in [-0.15, -0.1) is 11.3 Å². The third kappa shape index (κ3) is 4.80. The Labute approximate surface area is 203 Å². The fraction of sp³-hybridized carbons (Fsp3) is 0.208. The maximum Gasteiger partial charge on any atom is 0.274 e. The molecule has 1 aliphatic heterocycles. The summed E-state index contributed by atoms with van der Waals surface area (Å²) in [5.74, 6) is -1.36. The largest absolute Gasteiger partial charge is 0.348 e. The Morgan fingerprint density at radius 2 is 1.94 bits per heavy atom. The van der Waals surface area contributed by atoms with Crippen molar-refractivity contribution in [2.24, 2.45) is 0 Å². The summed E-state index contributed by atoms with van der Waals surface area (Å²) in [4.78, 5) is 40.0. The van der Waals surface area contributed by atoms with E-state index in [0.29, 0.717) is 28.9 Å². The van der Waals surface area contributed by atoms with Crippen molar-refractivity contribution in [2.75, 3.05) is 18.4 Å². The molecule has 2 amide bonds. The molecular formula is C24H20F2N6O2S. The van der Waals surface area contributed by atoms with Gasteiger partial charge in [0.25, 0.3) is 11.8 Å². The van der Waals surface area contributed by atoms with E-state index in [1.165, 1.54) is 41.7 Å². The van der Waals surface area contributed by atoms with Crippen LogP contribution in [0.3, 0.4) is 0 Å². The first-order chi connectivity index (χ1) is 16.9. The summed E-state index contributed by atoms with van der Waals surface area (Å²) in [5, 5.41) is 7.75. The zero-order valence-corrected chi connectivity index (χ0v) is 19.4. The van der Waals surface area contributed by atoms with E-state index >= 15 is 0 Å². The number of fused-ring (bicyclic) bond motifs is 1. The fourth-order valence-corrected chi connectivity index (χ4v) is 4.61. The number of thiophene rings is 1. The minimum Gasteiger partial charge on any atom is -0.348 e. The number of nitrogens with one attached hydrogen (secondary N) is 2. The average Bonchev–Trinajstić information content (AvgIpc) is 3.28. The molecule has 11 heteroatoms. The van der Waals surface area contributed by atoms with Crippen LogP contribution < -0.4 is 10.6 Å². The summed E-state index contributed by atoms with van der Waals surface area (Å²) >= 11 is 1.37. The van der Waals surface area contributed by atoms with Gasteiger partial charge in [-0.3, -0.25) is 14.6 Å². The summed E-state index contributed by atoms with van der Waals surface area (Å²) in [6.45, 7) is 2.44. The van der Waals surface area contributed by atoms with Crippen LogP contribution in [0.5, 0.6) is 0 Å². The molecule has 1 atom stereocenters. The third-order valence-corrected chi connectivity index (χ3v) is 6.58. The second-order valence-corrected chi connectivity index (χ2v) is 9.14. The molecule has 2 N–H and O–H groups in total. The molecule has 0 unspecified atom stereocenters. The minimum atomic E-state index is -0.487. The molecule has 1 aliphatic rings. The Kier molecular flexibility index (Phi) is 6.08. The van der Waals surface area contributed by atoms with Crippen LogP contribution in [0, 0.1) is 11.6 Å². The van der Waals surface area contributed by atoms with Crippen LogP contribution in [0.25, 0.3) is 10.2 Å². The average molecular weight is 495 g/mol. The monoisotopic (exact) mass is 494 g/mol. The van der Waals surface area contributed by atoms with Crippen molar-refractivity contribution in [3.63, 3.8) is 0 Å². The first kappa shape index (κ1) is 22.8. The molecule has 178 valence electrons. The lowest BCUT2D eigenvalue weighted by atomic mass is 10.1. The lowest BCUT2D eigenvalue weighted by Gasteiger charge is -2.39. The van der Waals surface area contributed by atoms with Gasteiger partial charge in [0.1, 0.15) is 11.6 Å². The number of carbonyl (C=O) groups is 2. The number of hydrogen-bond acceptors (Lipinski definition) is 7. The van der Waals surface area contributed by atoms with Gasteiger partial charge in [0.15, 0.2) is 5.69 Å². The van der Waals surface area contributed by atoms with Crippen LogP contribution in [0.15, 0.2) is 54.2 Å². The molecule has 0 aliphatic carbocycles. The Morgan fingerprint density at radius 1 is 1.11 bits per heavy atom. The Balaban J connectivity index is 1.28. The van der Waals surface area contributed by atoms with Crippen LogP contribution in [-0.4, -0.2) is 50.8 Å². The molecule has 35 heavy (non-hydrogen) atoms. The van der Waals surface area contributed by atoms with Gasteiger partial charge in [0.2, 0.25) is 5.95 Å². The topological polar surface area (TPSA) is 100 Å². The van der Waals surface area contributed by atoms with Crippen molar-refractivity contribution in [1.82, 2.24) is 25.2 Å². The van der Waals surface area contributed by atoms with E-state index in [2.05, 4.69) is 25.6 Å². The molecule has 0 radical (unpaired) electrons. The van der Waals surface area contributed by atoms with Gasteiger partial charge in [0, 0.05) is 24.8 Å². The van der Waals surface area contributed by atoms with Crippen LogP contribution >= 0.6 is 11.3 Å². The smallest absolute Gasteiger partial charge is 0.274 e. The molecule has 5 rings (SSSR count). The number of rotatable bonds is 6. The summed E-state index contributed by atoms with van der Waals surface area (Å²) in [6.07, 6.45) is 2.68. The zero-order chi connectivity index (χ0) is 24.5. The van der Waals surface area contributed by atoms with E-state index in [-0.39, 0.29) is 35.2 Å². The van der Waals surface area contributed by atoms with Gasteiger partial charge in [0.05, 0.1) is 28.5 Å². The Hall–Kier alpha value is -3.99. The number of nitrogens with zero attached hydrogens (tertiary/aromatic N) is 4. The van der Waals surface area contributed by atoms with Crippen LogP contribution in [0.2, 0.25) is 0 Å². The molecular weight excluding hydrogens is 474 g/mol. The molecule has 1 aromatic carbocycles. The van der Waals surface area contributed by atoms with Crippen LogP contribution in [0.4, 0.5) is 14.7 Å². The van der Waals surface area contributed by atoms with Gasteiger partial charge in [-0.05, 0) is 48.2 Å². The highest BCUT2D eigenvalue weighted by Crippen LogP contribution is 2.27. The molecule has 0 saturated carbocycles. The number of carbonyl (C=O) groups excluding carboxylic acids is 2. The normalized spacial score (nSPS) is 14.4. The SMILES string of the molecule is C[C@H](Nc1nc(C(=O)N2CC(NC(=O)c3cccc(F)c3)C2)c2sccc2n1)c1cncc(F)c1. The number of pyridine rings is 1. The van der Waals surface area contributed by atoms with Gasteiger partial charge in [-0.25, -0.2) is 18.7 Å². The number of aromatic nitrogens is 3. The number of hydrogen-bond donors (Lipinski definition) is 2. The Morgan fingerprint density at radius 3 is 2.71 bits per heavy atom. The molecule has 4 aromatic rings. The zero-order valence-electron chi connectivity index (χ0n) is 18.5. The van der Waals surface area contributed by atoms with Gasteiger partial charge in [-0.2, -0.15) is 0 Å². The fourth-order valence-electron chi connectivity index (χ4n) is 3.80. The summed E-state index contributed by atoms with van der Waals surface area (Å²) in [7, 11) is 0. The maximum absolute atomic E-state index is 13.5. The van der Waals surface area contributed by atoms with E-state index in [1.807, 2.05) is 12.3 Å². The highest BCUT2D eigenvalue weighted by molar-refractivity contribution is 7.17. The van der Waals surface area contributed by atoms with E-state index in [4.69, 9.17) is 0 Å². The highest BCUT2D eigenvalue weighted by Gasteiger charge is 2.34. The van der Waals surface area contributed by atoms with E-state index < -0.39 is 17.5 Å². The predicted octanol–water partition coefficient (Wildman–Crippen LogP) is 3.79. The van der Waals surface area contributed by atoms with Crippen molar-refractivity contribution in [3.8, 4) is 0 Å². The van der Waals surface area contributed by atoms with Gasteiger partial charge in [-0.1, -0.05) is 6.07 Å². The third-order valence-electron chi connectivity index (χ3n) is 5.67. The standard InChI is InChI=1S/C24H20F2N6O2S/c1-13(15-8-17(26)10-27-9-15)28-24-30-19-5-6-35-21(19)20(31-24)23(34)32-11-18(12-32)29-22(33)14-3-2-4-16(25)7-14/h2-10,13,18H,11-12H2,1H3,(H,29,33)(H,28,30,31)/t13-/m0/s1. The van der Waals surface area contributed by atoms with Gasteiger partial charge < -0.3 is 15.5 Å². The first-order valence-corrected chi connectivity index (χ1v) is 11.7. The highest BCUT2D eigenvalue weighted by atomic mass is 32.1. The summed E-state index contributed by atoms with van der Waals surface area (Å²) in [5.41, 5.74) is 1.72. The summed E-state index contributed by atoms with van der Waals surface area (Å²) < 4.78 is 27.6. The van der Waals surface area contributed by atoms with Crippen molar-refractivity contribution in [3.05, 3.63) is 82.6 Å². The molecule has 4 heterocycles. The molecule has 1 saturated heterocycles. The molecule has 0 bridgehead atoms. The number of amides is 2. The molecule has 0 spiro atoms. The lowest BCUT2D eigenvalue weighted by molar-refractivity contribution is 0.0539. The van der Waals surface area contributed by atoms with Crippen molar-refractivity contribution in [1.29, 1.82) is 0 Å². The summed E-state index contributed by atoms with van der Waals surface area (Å²) in [6, 6.07) is 8.03. The maximum atomic E-state index is 13.5. The lowest BCUT2D eigenvalue weighted by Crippen LogP contribution is -2.61. The second-order valence-electron chi connectivity index (χ2n) is 8.22. The van der Waals surface area contributed by atoms with E-state index in [0.717, 1.165) is 6.20 Å². The molecule has 8 nitrogen and oxygen atoms in total. The first-order valence-electron chi connectivity index (χ1n) is 10.9.